The van der Waals surface area contributed by atoms with Gasteiger partial charge in [-0.2, -0.15) is 0 Å². The predicted octanol–water partition coefficient (Wildman–Crippen LogP) is 3.48. The van der Waals surface area contributed by atoms with Gasteiger partial charge in [0.2, 0.25) is 0 Å². The Hall–Kier alpha value is -1.67. The van der Waals surface area contributed by atoms with Crippen LogP contribution in [-0.2, 0) is 22.7 Å². The van der Waals surface area contributed by atoms with Gasteiger partial charge in [0, 0.05) is 24.1 Å². The maximum Gasteiger partial charge on any atom is 0.189 e. The largest absolute Gasteiger partial charge is 0.391 e. The molecule has 3 rings (SSSR count). The number of thioether (sulfide) groups is 1. The van der Waals surface area contributed by atoms with E-state index >= 15 is 0 Å². The molecule has 1 aliphatic rings. The molecule has 0 spiro atoms. The van der Waals surface area contributed by atoms with Crippen molar-refractivity contribution >= 4 is 23.3 Å². The second kappa shape index (κ2) is 9.15. The highest BCUT2D eigenvalue weighted by Crippen LogP contribution is 2.22. The quantitative estimate of drug-likeness (QED) is 0.577. The van der Waals surface area contributed by atoms with Gasteiger partial charge in [-0.1, -0.05) is 23.9 Å². The highest BCUT2D eigenvalue weighted by atomic mass is 32.2. The van der Waals surface area contributed by atoms with Gasteiger partial charge >= 0.3 is 0 Å². The van der Waals surface area contributed by atoms with E-state index < -0.39 is 0 Å². The van der Waals surface area contributed by atoms with Crippen molar-refractivity contribution in [2.45, 2.75) is 43.9 Å². The van der Waals surface area contributed by atoms with Gasteiger partial charge in [-0.05, 0) is 43.2 Å². The molecule has 0 saturated carbocycles. The average Bonchev–Trinajstić information content (AvgIpc) is 2.68. The first-order valence-corrected chi connectivity index (χ1v) is 9.61. The number of nitrogens with zero attached hydrogens (tertiary/aromatic N) is 2. The lowest BCUT2D eigenvalue weighted by Crippen LogP contribution is -2.21. The van der Waals surface area contributed by atoms with E-state index in [1.165, 1.54) is 11.8 Å². The Morgan fingerprint density at radius 3 is 2.84 bits per heavy atom. The first-order chi connectivity index (χ1) is 12.3. The third kappa shape index (κ3) is 5.15. The predicted molar refractivity (Wildman–Crippen MR) is 97.8 cm³/mol. The normalized spacial score (nSPS) is 17.4. The molecule has 1 fully saturated rings. The number of nitrogens with one attached hydrogen (secondary N) is 1. The summed E-state index contributed by atoms with van der Waals surface area (Å²) >= 11 is 1.46. The summed E-state index contributed by atoms with van der Waals surface area (Å²) in [6, 6.07) is 7.98. The lowest BCUT2D eigenvalue weighted by molar-refractivity contribution is -0.168. The first kappa shape index (κ1) is 18.1. The van der Waals surface area contributed by atoms with Crippen LogP contribution in [0.3, 0.4) is 0 Å². The molecule has 1 saturated heterocycles. The maximum absolute atomic E-state index is 9.44. The average molecular weight is 361 g/mol. The van der Waals surface area contributed by atoms with Gasteiger partial charge in [0.25, 0.3) is 0 Å². The third-order valence-electron chi connectivity index (χ3n) is 3.99. The van der Waals surface area contributed by atoms with Gasteiger partial charge in [-0.3, -0.25) is 0 Å². The topological polar surface area (TPSA) is 76.5 Å². The molecule has 134 valence electrons. The Morgan fingerprint density at radius 1 is 1.32 bits per heavy atom. The number of anilines is 2. The second-order valence-electron chi connectivity index (χ2n) is 5.82. The minimum Gasteiger partial charge on any atom is -0.391 e. The second-order valence-corrected chi connectivity index (χ2v) is 6.59. The monoisotopic (exact) mass is 361 g/mol. The van der Waals surface area contributed by atoms with Crippen LogP contribution in [0.2, 0.25) is 0 Å². The molecule has 1 aromatic heterocycles. The number of aromatic nitrogens is 2. The summed E-state index contributed by atoms with van der Waals surface area (Å²) in [5.41, 5.74) is 2.66. The van der Waals surface area contributed by atoms with Crippen LogP contribution in [0.5, 0.6) is 0 Å². The van der Waals surface area contributed by atoms with Gasteiger partial charge in [-0.15, -0.1) is 0 Å². The Bertz CT molecular complexity index is 676. The zero-order chi connectivity index (χ0) is 17.5. The van der Waals surface area contributed by atoms with Crippen LogP contribution < -0.4 is 5.32 Å². The van der Waals surface area contributed by atoms with E-state index in [9.17, 15) is 5.11 Å². The van der Waals surface area contributed by atoms with E-state index in [-0.39, 0.29) is 12.9 Å². The van der Waals surface area contributed by atoms with Crippen LogP contribution in [0.4, 0.5) is 11.5 Å². The Morgan fingerprint density at radius 2 is 2.16 bits per heavy atom. The minimum atomic E-state index is -0.107. The molecule has 1 unspecified atom stereocenters. The molecular formula is C18H23N3O3S. The number of ether oxygens (including phenoxy) is 2. The van der Waals surface area contributed by atoms with E-state index in [0.29, 0.717) is 23.1 Å². The number of aliphatic hydroxyl groups excluding tert-OH is 1. The Balaban J connectivity index is 1.60. The van der Waals surface area contributed by atoms with Crippen LogP contribution >= 0.6 is 11.8 Å². The zero-order valence-corrected chi connectivity index (χ0v) is 15.1. The summed E-state index contributed by atoms with van der Waals surface area (Å²) in [5.74, 6) is 0.626. The van der Waals surface area contributed by atoms with Crippen molar-refractivity contribution in [1.29, 1.82) is 0 Å². The van der Waals surface area contributed by atoms with Gasteiger partial charge < -0.3 is 19.9 Å². The molecule has 0 amide bonds. The Labute approximate surface area is 152 Å². The summed E-state index contributed by atoms with van der Waals surface area (Å²) in [5, 5.41) is 13.3. The fourth-order valence-corrected chi connectivity index (χ4v) is 2.91. The fourth-order valence-electron chi connectivity index (χ4n) is 2.57. The maximum atomic E-state index is 9.44. The van der Waals surface area contributed by atoms with Gasteiger partial charge in [-0.25, -0.2) is 9.97 Å². The molecule has 0 radical (unpaired) electrons. The summed E-state index contributed by atoms with van der Waals surface area (Å²) < 4.78 is 11.4. The van der Waals surface area contributed by atoms with Crippen LogP contribution in [0.25, 0.3) is 0 Å². The third-order valence-corrected chi connectivity index (χ3v) is 4.55. The van der Waals surface area contributed by atoms with E-state index in [1.807, 2.05) is 30.5 Å². The highest BCUT2D eigenvalue weighted by molar-refractivity contribution is 7.98. The number of hydrogen-bond donors (Lipinski definition) is 2. The summed E-state index contributed by atoms with van der Waals surface area (Å²) in [7, 11) is 0. The van der Waals surface area contributed by atoms with Crippen LogP contribution in [0.1, 0.15) is 30.4 Å². The van der Waals surface area contributed by atoms with E-state index in [4.69, 9.17) is 9.47 Å². The SMILES string of the molecule is CSc1ncc(CO)c(Nc2ccc(COC3CCCCO3)cc2)n1. The van der Waals surface area contributed by atoms with Gasteiger partial charge in [0.15, 0.2) is 11.4 Å². The lowest BCUT2D eigenvalue weighted by atomic mass is 10.2. The van der Waals surface area contributed by atoms with E-state index in [0.717, 1.165) is 37.1 Å². The molecule has 2 aromatic rings. The van der Waals surface area contributed by atoms with Crippen LogP contribution in [0, 0.1) is 0 Å². The molecule has 0 bridgehead atoms. The van der Waals surface area contributed by atoms with Crippen molar-refractivity contribution in [3.05, 3.63) is 41.6 Å². The van der Waals surface area contributed by atoms with Gasteiger partial charge in [0.1, 0.15) is 5.82 Å². The molecule has 25 heavy (non-hydrogen) atoms. The van der Waals surface area contributed by atoms with Crippen molar-refractivity contribution in [2.24, 2.45) is 0 Å². The minimum absolute atomic E-state index is 0.0790. The molecule has 2 N–H and O–H groups in total. The number of aliphatic hydroxyl groups is 1. The number of hydrogen-bond acceptors (Lipinski definition) is 7. The van der Waals surface area contributed by atoms with Crippen molar-refractivity contribution < 1.29 is 14.6 Å². The van der Waals surface area contributed by atoms with E-state index in [2.05, 4.69) is 15.3 Å². The molecule has 7 heteroatoms. The van der Waals surface area contributed by atoms with Gasteiger partial charge in [0.05, 0.1) is 13.2 Å². The molecule has 1 atom stereocenters. The number of rotatable bonds is 7. The van der Waals surface area contributed by atoms with Crippen LogP contribution in [0.15, 0.2) is 35.6 Å². The summed E-state index contributed by atoms with van der Waals surface area (Å²) in [4.78, 5) is 8.59. The van der Waals surface area contributed by atoms with Crippen molar-refractivity contribution in [3.63, 3.8) is 0 Å². The van der Waals surface area contributed by atoms with Crippen LogP contribution in [-0.4, -0.2) is 34.2 Å². The molecular weight excluding hydrogens is 338 g/mol. The smallest absolute Gasteiger partial charge is 0.189 e. The molecule has 1 aliphatic heterocycles. The summed E-state index contributed by atoms with van der Waals surface area (Å²) in [6.07, 6.45) is 6.74. The summed E-state index contributed by atoms with van der Waals surface area (Å²) in [6.45, 7) is 1.22. The molecule has 0 aliphatic carbocycles. The lowest BCUT2D eigenvalue weighted by Gasteiger charge is -2.22. The molecule has 2 heterocycles. The first-order valence-electron chi connectivity index (χ1n) is 8.38. The standard InChI is InChI=1S/C18H23N3O3S/c1-25-18-19-10-14(11-22)17(21-18)20-15-7-5-13(6-8-15)12-24-16-4-2-3-9-23-16/h5-8,10,16,22H,2-4,9,11-12H2,1H3,(H,19,20,21). The van der Waals surface area contributed by atoms with Crippen molar-refractivity contribution in [2.75, 3.05) is 18.2 Å². The molecule has 1 aromatic carbocycles. The van der Waals surface area contributed by atoms with E-state index in [1.54, 1.807) is 6.20 Å². The number of benzene rings is 1. The van der Waals surface area contributed by atoms with Crippen molar-refractivity contribution in [1.82, 2.24) is 9.97 Å². The highest BCUT2D eigenvalue weighted by Gasteiger charge is 2.14. The fraction of sp³-hybridized carbons (Fsp3) is 0.444. The zero-order valence-electron chi connectivity index (χ0n) is 14.3. The molecule has 6 nitrogen and oxygen atoms in total. The van der Waals surface area contributed by atoms with Crippen molar-refractivity contribution in [3.8, 4) is 0 Å². The Kier molecular flexibility index (Phi) is 6.63.